The van der Waals surface area contributed by atoms with Crippen molar-refractivity contribution in [3.8, 4) is 0 Å². The van der Waals surface area contributed by atoms with Crippen LogP contribution in [0.25, 0.3) is 0 Å². The molecule has 0 amide bonds. The summed E-state index contributed by atoms with van der Waals surface area (Å²) >= 11 is 0. The zero-order chi connectivity index (χ0) is 15.1. The normalized spacial score (nSPS) is 28.1. The second-order valence-electron chi connectivity index (χ2n) is 6.16. The Morgan fingerprint density at radius 1 is 1.38 bits per heavy atom. The molecule has 3 heterocycles. The second kappa shape index (κ2) is 5.29. The quantitative estimate of drug-likeness (QED) is 0.678. The third-order valence-corrected chi connectivity index (χ3v) is 4.64. The summed E-state index contributed by atoms with van der Waals surface area (Å²) in [5, 5.41) is 25.8. The van der Waals surface area contributed by atoms with Gasteiger partial charge in [0.1, 0.15) is 5.69 Å². The first-order chi connectivity index (χ1) is 10.0. The highest BCUT2D eigenvalue weighted by molar-refractivity contribution is 5.63. The van der Waals surface area contributed by atoms with E-state index < -0.39 is 0 Å². The lowest BCUT2D eigenvalue weighted by Gasteiger charge is -2.38. The van der Waals surface area contributed by atoms with Crippen LogP contribution in [0.1, 0.15) is 44.7 Å². The molecule has 7 heteroatoms. The summed E-state index contributed by atoms with van der Waals surface area (Å²) in [5.41, 5.74) is 0.616. The smallest absolute Gasteiger partial charge is 0.333 e. The van der Waals surface area contributed by atoms with Gasteiger partial charge in [0.15, 0.2) is 0 Å². The lowest BCUT2D eigenvalue weighted by Crippen LogP contribution is -2.46. The number of anilines is 1. The van der Waals surface area contributed by atoms with Gasteiger partial charge in [0.05, 0.1) is 11.0 Å². The van der Waals surface area contributed by atoms with E-state index in [0.717, 1.165) is 19.3 Å². The molecule has 2 saturated heterocycles. The molecule has 2 bridgehead atoms. The predicted molar refractivity (Wildman–Crippen MR) is 78.4 cm³/mol. The van der Waals surface area contributed by atoms with E-state index in [1.54, 1.807) is 11.6 Å². The van der Waals surface area contributed by atoms with E-state index in [0.29, 0.717) is 30.9 Å². The third-order valence-electron chi connectivity index (χ3n) is 4.64. The Hall–Kier alpha value is -1.63. The maximum atomic E-state index is 11.5. The van der Waals surface area contributed by atoms with E-state index in [2.05, 4.69) is 10.00 Å². The number of aliphatic hydroxyl groups is 1. The van der Waals surface area contributed by atoms with Gasteiger partial charge in [-0.05, 0) is 39.0 Å². The number of hydrogen-bond acceptors (Lipinski definition) is 5. The number of piperidine rings is 1. The number of hydrogen-bond donors (Lipinski definition) is 1. The molecule has 0 aliphatic carbocycles. The highest BCUT2D eigenvalue weighted by Crippen LogP contribution is 2.43. The number of aliphatic hydroxyl groups excluding tert-OH is 1. The largest absolute Gasteiger partial charge is 0.393 e. The summed E-state index contributed by atoms with van der Waals surface area (Å²) in [7, 11) is 0. The molecule has 0 aromatic carbocycles. The van der Waals surface area contributed by atoms with Crippen LogP contribution in [-0.4, -0.2) is 38.0 Å². The first kappa shape index (κ1) is 14.3. The van der Waals surface area contributed by atoms with Crippen LogP contribution in [0, 0.1) is 17.0 Å². The standard InChI is InChI=1S/C14H22N4O3/c1-3-6-16-14(13(18(20)21)9(2)15-16)17-10-4-5-11(17)8-12(19)7-10/h10-12,19H,3-8H2,1-2H3. The first-order valence-electron chi connectivity index (χ1n) is 7.71. The summed E-state index contributed by atoms with van der Waals surface area (Å²) in [5.74, 6) is 0.652. The van der Waals surface area contributed by atoms with Gasteiger partial charge >= 0.3 is 5.69 Å². The molecule has 2 atom stereocenters. The van der Waals surface area contributed by atoms with Crippen LogP contribution in [0.3, 0.4) is 0 Å². The van der Waals surface area contributed by atoms with Gasteiger partial charge in [0, 0.05) is 18.6 Å². The van der Waals surface area contributed by atoms with E-state index in [-0.39, 0.29) is 28.8 Å². The van der Waals surface area contributed by atoms with Crippen LogP contribution in [0.5, 0.6) is 0 Å². The molecule has 21 heavy (non-hydrogen) atoms. The number of nitro groups is 1. The van der Waals surface area contributed by atoms with Crippen LogP contribution in [0.2, 0.25) is 0 Å². The minimum Gasteiger partial charge on any atom is -0.393 e. The minimum atomic E-state index is -0.311. The zero-order valence-corrected chi connectivity index (χ0v) is 12.5. The van der Waals surface area contributed by atoms with Crippen LogP contribution in [-0.2, 0) is 6.54 Å². The predicted octanol–water partition coefficient (Wildman–Crippen LogP) is 2.00. The molecule has 0 saturated carbocycles. The molecule has 0 spiro atoms. The van der Waals surface area contributed by atoms with E-state index in [4.69, 9.17) is 0 Å². The number of aromatic nitrogens is 2. The summed E-state index contributed by atoms with van der Waals surface area (Å²) in [6, 6.07) is 0.397. The van der Waals surface area contributed by atoms with Gasteiger partial charge in [-0.15, -0.1) is 0 Å². The summed E-state index contributed by atoms with van der Waals surface area (Å²) < 4.78 is 1.79. The molecule has 2 aliphatic heterocycles. The Kier molecular flexibility index (Phi) is 3.61. The Labute approximate surface area is 123 Å². The van der Waals surface area contributed by atoms with Crippen molar-refractivity contribution in [2.75, 3.05) is 4.90 Å². The van der Waals surface area contributed by atoms with E-state index >= 15 is 0 Å². The van der Waals surface area contributed by atoms with Crippen molar-refractivity contribution < 1.29 is 10.0 Å². The van der Waals surface area contributed by atoms with Crippen molar-refractivity contribution in [3.63, 3.8) is 0 Å². The van der Waals surface area contributed by atoms with Crippen LogP contribution in [0.15, 0.2) is 0 Å². The SMILES string of the molecule is CCCn1nc(C)c([N+](=O)[O-])c1N1C2CCC1CC(O)C2. The van der Waals surface area contributed by atoms with Gasteiger partial charge in [0.2, 0.25) is 5.82 Å². The van der Waals surface area contributed by atoms with Crippen LogP contribution in [0.4, 0.5) is 11.5 Å². The molecular formula is C14H22N4O3. The Balaban J connectivity index is 2.06. The van der Waals surface area contributed by atoms with Gasteiger partial charge in [-0.25, -0.2) is 4.68 Å². The molecule has 116 valence electrons. The summed E-state index contributed by atoms with van der Waals surface area (Å²) in [6.45, 7) is 4.43. The Morgan fingerprint density at radius 2 is 2.00 bits per heavy atom. The van der Waals surface area contributed by atoms with E-state index in [9.17, 15) is 15.2 Å². The fourth-order valence-electron chi connectivity index (χ4n) is 3.89. The topological polar surface area (TPSA) is 84.4 Å². The number of fused-ring (bicyclic) bond motifs is 2. The van der Waals surface area contributed by atoms with Gasteiger partial charge in [-0.3, -0.25) is 10.1 Å². The monoisotopic (exact) mass is 294 g/mol. The van der Waals surface area contributed by atoms with Gasteiger partial charge in [-0.2, -0.15) is 5.10 Å². The highest BCUT2D eigenvalue weighted by atomic mass is 16.6. The molecule has 2 fully saturated rings. The molecule has 2 aliphatic rings. The maximum Gasteiger partial charge on any atom is 0.333 e. The molecule has 1 aromatic rings. The first-order valence-corrected chi connectivity index (χ1v) is 7.71. The average Bonchev–Trinajstić information content (AvgIpc) is 2.84. The minimum absolute atomic E-state index is 0.136. The van der Waals surface area contributed by atoms with Crippen molar-refractivity contribution in [3.05, 3.63) is 15.8 Å². The van der Waals surface area contributed by atoms with Crippen molar-refractivity contribution in [1.29, 1.82) is 0 Å². The van der Waals surface area contributed by atoms with Crippen molar-refractivity contribution in [1.82, 2.24) is 9.78 Å². The average molecular weight is 294 g/mol. The molecule has 2 unspecified atom stereocenters. The summed E-state index contributed by atoms with van der Waals surface area (Å²) in [6.07, 6.45) is 4.00. The maximum absolute atomic E-state index is 11.5. The lowest BCUT2D eigenvalue weighted by atomic mass is 10.00. The molecule has 1 aromatic heterocycles. The highest BCUT2D eigenvalue weighted by Gasteiger charge is 2.45. The fourth-order valence-corrected chi connectivity index (χ4v) is 3.89. The van der Waals surface area contributed by atoms with Gasteiger partial charge in [0.25, 0.3) is 0 Å². The van der Waals surface area contributed by atoms with Gasteiger partial charge in [-0.1, -0.05) is 6.92 Å². The number of nitrogens with zero attached hydrogens (tertiary/aromatic N) is 4. The van der Waals surface area contributed by atoms with E-state index in [1.807, 2.05) is 6.92 Å². The van der Waals surface area contributed by atoms with Crippen molar-refractivity contribution >= 4 is 11.5 Å². The molecule has 1 N–H and O–H groups in total. The van der Waals surface area contributed by atoms with E-state index in [1.165, 1.54) is 0 Å². The number of aryl methyl sites for hydroxylation is 2. The Bertz CT molecular complexity index is 543. The lowest BCUT2D eigenvalue weighted by molar-refractivity contribution is -0.384. The fraction of sp³-hybridized carbons (Fsp3) is 0.786. The number of rotatable bonds is 4. The molecule has 0 radical (unpaired) electrons. The molecule has 7 nitrogen and oxygen atoms in total. The third kappa shape index (κ3) is 2.29. The van der Waals surface area contributed by atoms with Crippen LogP contribution < -0.4 is 4.90 Å². The Morgan fingerprint density at radius 3 is 2.52 bits per heavy atom. The molecular weight excluding hydrogens is 272 g/mol. The zero-order valence-electron chi connectivity index (χ0n) is 12.5. The van der Waals surface area contributed by atoms with Gasteiger partial charge < -0.3 is 10.0 Å². The molecule has 3 rings (SSSR count). The summed E-state index contributed by atoms with van der Waals surface area (Å²) in [4.78, 5) is 13.3. The van der Waals surface area contributed by atoms with Crippen molar-refractivity contribution in [2.24, 2.45) is 0 Å². The van der Waals surface area contributed by atoms with Crippen LogP contribution >= 0.6 is 0 Å². The van der Waals surface area contributed by atoms with Crippen molar-refractivity contribution in [2.45, 2.75) is 70.7 Å². The second-order valence-corrected chi connectivity index (χ2v) is 6.16.